The summed E-state index contributed by atoms with van der Waals surface area (Å²) in [5, 5.41) is 3.35. The van der Waals surface area contributed by atoms with Gasteiger partial charge in [0, 0.05) is 12.2 Å². The highest BCUT2D eigenvalue weighted by molar-refractivity contribution is 5.46. The first-order valence-corrected chi connectivity index (χ1v) is 6.81. The smallest absolute Gasteiger partial charge is 0.126 e. The monoisotopic (exact) mass is 255 g/mol. The summed E-state index contributed by atoms with van der Waals surface area (Å²) in [5.74, 6) is 0.634. The van der Waals surface area contributed by atoms with Crippen LogP contribution in [0.4, 0.5) is 10.1 Å². The van der Waals surface area contributed by atoms with Crippen molar-refractivity contribution in [2.24, 2.45) is 0 Å². The molecule has 3 rings (SSSR count). The Labute approximate surface area is 113 Å². The van der Waals surface area contributed by atoms with Crippen molar-refractivity contribution in [1.82, 2.24) is 0 Å². The quantitative estimate of drug-likeness (QED) is 0.840. The normalized spacial score (nSPS) is 14.4. The van der Waals surface area contributed by atoms with E-state index in [1.54, 1.807) is 13.0 Å². The van der Waals surface area contributed by atoms with Gasteiger partial charge in [-0.25, -0.2) is 4.39 Å². The van der Waals surface area contributed by atoms with Crippen LogP contribution in [0.15, 0.2) is 42.5 Å². The Morgan fingerprint density at radius 3 is 2.74 bits per heavy atom. The molecule has 1 fully saturated rings. The lowest BCUT2D eigenvalue weighted by Crippen LogP contribution is -2.00. The highest BCUT2D eigenvalue weighted by Crippen LogP contribution is 2.40. The SMILES string of the molecule is Cc1cc(NCc2cccc(C3CC3)c2)ccc1F. The summed E-state index contributed by atoms with van der Waals surface area (Å²) in [4.78, 5) is 0. The van der Waals surface area contributed by atoms with Gasteiger partial charge < -0.3 is 5.32 Å². The van der Waals surface area contributed by atoms with Gasteiger partial charge in [-0.3, -0.25) is 0 Å². The van der Waals surface area contributed by atoms with E-state index in [9.17, 15) is 4.39 Å². The van der Waals surface area contributed by atoms with Gasteiger partial charge in [0.05, 0.1) is 0 Å². The number of benzene rings is 2. The minimum atomic E-state index is -0.152. The van der Waals surface area contributed by atoms with Gasteiger partial charge in [0.2, 0.25) is 0 Å². The molecule has 19 heavy (non-hydrogen) atoms. The number of nitrogens with one attached hydrogen (secondary N) is 1. The largest absolute Gasteiger partial charge is 0.381 e. The average molecular weight is 255 g/mol. The second-order valence-electron chi connectivity index (χ2n) is 5.34. The fraction of sp³-hybridized carbons (Fsp3) is 0.294. The van der Waals surface area contributed by atoms with Gasteiger partial charge >= 0.3 is 0 Å². The van der Waals surface area contributed by atoms with Crippen LogP contribution in [-0.2, 0) is 6.54 Å². The average Bonchev–Trinajstić information content (AvgIpc) is 3.25. The lowest BCUT2D eigenvalue weighted by molar-refractivity contribution is 0.618. The Balaban J connectivity index is 1.68. The van der Waals surface area contributed by atoms with Crippen LogP contribution in [0, 0.1) is 12.7 Å². The van der Waals surface area contributed by atoms with E-state index >= 15 is 0 Å². The molecule has 0 unspecified atom stereocenters. The minimum absolute atomic E-state index is 0.152. The van der Waals surface area contributed by atoms with E-state index in [0.29, 0.717) is 5.56 Å². The van der Waals surface area contributed by atoms with Crippen LogP contribution in [0.25, 0.3) is 0 Å². The number of halogens is 1. The van der Waals surface area contributed by atoms with Crippen LogP contribution in [-0.4, -0.2) is 0 Å². The van der Waals surface area contributed by atoms with Gasteiger partial charge in [-0.15, -0.1) is 0 Å². The van der Waals surface area contributed by atoms with Crippen LogP contribution in [0.1, 0.15) is 35.4 Å². The molecule has 0 radical (unpaired) electrons. The molecule has 0 spiro atoms. The number of rotatable bonds is 4. The third kappa shape index (κ3) is 2.95. The van der Waals surface area contributed by atoms with Crippen LogP contribution < -0.4 is 5.32 Å². The Morgan fingerprint density at radius 2 is 2.00 bits per heavy atom. The maximum atomic E-state index is 13.2. The molecule has 1 saturated carbocycles. The fourth-order valence-corrected chi connectivity index (χ4v) is 2.33. The van der Waals surface area contributed by atoms with Crippen molar-refractivity contribution < 1.29 is 4.39 Å². The molecule has 0 saturated heterocycles. The Kier molecular flexibility index (Phi) is 3.24. The summed E-state index contributed by atoms with van der Waals surface area (Å²) in [6.45, 7) is 2.57. The first kappa shape index (κ1) is 12.2. The predicted octanol–water partition coefficient (Wildman–Crippen LogP) is 4.62. The zero-order valence-electron chi connectivity index (χ0n) is 11.1. The van der Waals surface area contributed by atoms with E-state index in [1.807, 2.05) is 6.07 Å². The molecular weight excluding hydrogens is 237 g/mol. The maximum absolute atomic E-state index is 13.2. The molecule has 0 amide bonds. The first-order chi connectivity index (χ1) is 9.22. The van der Waals surface area contributed by atoms with Crippen LogP contribution in [0.3, 0.4) is 0 Å². The highest BCUT2D eigenvalue weighted by atomic mass is 19.1. The fourth-order valence-electron chi connectivity index (χ4n) is 2.33. The van der Waals surface area contributed by atoms with Crippen molar-refractivity contribution in [2.45, 2.75) is 32.2 Å². The van der Waals surface area contributed by atoms with Crippen molar-refractivity contribution >= 4 is 5.69 Å². The van der Waals surface area contributed by atoms with E-state index in [1.165, 1.54) is 30.0 Å². The van der Waals surface area contributed by atoms with Gasteiger partial charge in [-0.2, -0.15) is 0 Å². The number of hydrogen-bond donors (Lipinski definition) is 1. The molecule has 1 N–H and O–H groups in total. The van der Waals surface area contributed by atoms with Gasteiger partial charge in [0.15, 0.2) is 0 Å². The molecule has 0 bridgehead atoms. The van der Waals surface area contributed by atoms with E-state index in [4.69, 9.17) is 0 Å². The summed E-state index contributed by atoms with van der Waals surface area (Å²) in [6, 6.07) is 13.9. The third-order valence-corrected chi connectivity index (χ3v) is 3.65. The van der Waals surface area contributed by atoms with Gasteiger partial charge in [-0.05, 0) is 60.6 Å². The molecule has 2 aromatic rings. The summed E-state index contributed by atoms with van der Waals surface area (Å²) >= 11 is 0. The van der Waals surface area contributed by atoms with Crippen molar-refractivity contribution in [3.05, 3.63) is 65.0 Å². The molecule has 1 aliphatic carbocycles. The summed E-state index contributed by atoms with van der Waals surface area (Å²) in [6.07, 6.45) is 2.65. The predicted molar refractivity (Wildman–Crippen MR) is 76.9 cm³/mol. The first-order valence-electron chi connectivity index (χ1n) is 6.81. The topological polar surface area (TPSA) is 12.0 Å². The van der Waals surface area contributed by atoms with Crippen molar-refractivity contribution in [2.75, 3.05) is 5.32 Å². The van der Waals surface area contributed by atoms with Gasteiger partial charge in [-0.1, -0.05) is 24.3 Å². The Morgan fingerprint density at radius 1 is 1.16 bits per heavy atom. The second-order valence-corrected chi connectivity index (χ2v) is 5.34. The Hall–Kier alpha value is -1.83. The number of aryl methyl sites for hydroxylation is 1. The molecule has 0 atom stereocenters. The number of hydrogen-bond acceptors (Lipinski definition) is 1. The standard InChI is InChI=1S/C17H18FN/c1-12-9-16(7-8-17(12)18)19-11-13-3-2-4-15(10-13)14-5-6-14/h2-4,7-10,14,19H,5-6,11H2,1H3. The summed E-state index contributed by atoms with van der Waals surface area (Å²) in [5.41, 5.74) is 4.38. The van der Waals surface area contributed by atoms with Gasteiger partial charge in [0.25, 0.3) is 0 Å². The molecule has 0 aliphatic heterocycles. The molecule has 98 valence electrons. The second kappa shape index (κ2) is 5.04. The van der Waals surface area contributed by atoms with Crippen LogP contribution in [0.5, 0.6) is 0 Å². The van der Waals surface area contributed by atoms with Crippen molar-refractivity contribution in [3.8, 4) is 0 Å². The molecular formula is C17H18FN. The molecule has 0 heterocycles. The minimum Gasteiger partial charge on any atom is -0.381 e. The van der Waals surface area contributed by atoms with E-state index in [2.05, 4.69) is 29.6 Å². The van der Waals surface area contributed by atoms with Crippen LogP contribution >= 0.6 is 0 Å². The summed E-state index contributed by atoms with van der Waals surface area (Å²) in [7, 11) is 0. The van der Waals surface area contributed by atoms with Crippen LogP contribution in [0.2, 0.25) is 0 Å². The Bertz CT molecular complexity index is 588. The molecule has 2 aromatic carbocycles. The molecule has 0 aromatic heterocycles. The zero-order chi connectivity index (χ0) is 13.2. The van der Waals surface area contributed by atoms with E-state index < -0.39 is 0 Å². The molecule has 1 nitrogen and oxygen atoms in total. The zero-order valence-corrected chi connectivity index (χ0v) is 11.1. The number of anilines is 1. The molecule has 1 aliphatic rings. The van der Waals surface area contributed by atoms with Gasteiger partial charge in [0.1, 0.15) is 5.82 Å². The molecule has 2 heteroatoms. The lowest BCUT2D eigenvalue weighted by atomic mass is 10.1. The van der Waals surface area contributed by atoms with E-state index in [-0.39, 0.29) is 5.82 Å². The third-order valence-electron chi connectivity index (χ3n) is 3.65. The van der Waals surface area contributed by atoms with Crippen molar-refractivity contribution in [1.29, 1.82) is 0 Å². The lowest BCUT2D eigenvalue weighted by Gasteiger charge is -2.09. The maximum Gasteiger partial charge on any atom is 0.126 e. The van der Waals surface area contributed by atoms with Crippen molar-refractivity contribution in [3.63, 3.8) is 0 Å². The highest BCUT2D eigenvalue weighted by Gasteiger charge is 2.23. The summed E-state index contributed by atoms with van der Waals surface area (Å²) < 4.78 is 13.2. The van der Waals surface area contributed by atoms with E-state index in [0.717, 1.165) is 18.2 Å².